The molecule has 4 fully saturated rings. The van der Waals surface area contributed by atoms with E-state index in [4.69, 9.17) is 9.15 Å². The van der Waals surface area contributed by atoms with Gasteiger partial charge in [0.25, 0.3) is 0 Å². The first kappa shape index (κ1) is 22.7. The zero-order valence-electron chi connectivity index (χ0n) is 19.7. The average molecular weight is 453 g/mol. The van der Waals surface area contributed by atoms with Gasteiger partial charge in [0.05, 0.1) is 25.9 Å². The molecule has 0 radical (unpaired) electrons. The summed E-state index contributed by atoms with van der Waals surface area (Å²) in [5, 5.41) is 11.7. The van der Waals surface area contributed by atoms with Crippen LogP contribution in [0.5, 0.6) is 0 Å². The van der Waals surface area contributed by atoms with Crippen molar-refractivity contribution in [3.8, 4) is 0 Å². The number of aliphatic hydroxyl groups is 1. The average Bonchev–Trinajstić information content (AvgIpc) is 3.41. The third-order valence-corrected chi connectivity index (χ3v) is 8.64. The van der Waals surface area contributed by atoms with Crippen molar-refractivity contribution in [2.24, 2.45) is 11.8 Å². The van der Waals surface area contributed by atoms with E-state index in [2.05, 4.69) is 30.3 Å². The third-order valence-electron chi connectivity index (χ3n) is 8.64. The summed E-state index contributed by atoms with van der Waals surface area (Å²) in [6.07, 6.45) is 10.8. The fraction of sp³-hybridized carbons (Fsp3) is 0.607. The molecule has 1 aliphatic carbocycles. The van der Waals surface area contributed by atoms with Crippen LogP contribution >= 0.6 is 0 Å². The zero-order valence-corrected chi connectivity index (χ0v) is 19.7. The van der Waals surface area contributed by atoms with E-state index in [-0.39, 0.29) is 12.0 Å². The molecule has 6 rings (SSSR count). The van der Waals surface area contributed by atoms with Crippen LogP contribution in [-0.2, 0) is 21.6 Å². The highest BCUT2D eigenvalue weighted by atomic mass is 16.6. The Kier molecular flexibility index (Phi) is 6.62. The zero-order chi connectivity index (χ0) is 22.7. The minimum Gasteiger partial charge on any atom is -0.466 e. The number of hydrogen-bond acceptors (Lipinski definition) is 4. The SMILES string of the molecule is O=C(O[C@H]1C[N+]2(CCCc3ccccc3)CCC1CC2)[C@](O)(c1ccco1)C1CCCCC1. The Hall–Kier alpha value is -2.11. The van der Waals surface area contributed by atoms with E-state index in [0.29, 0.717) is 11.7 Å². The van der Waals surface area contributed by atoms with Crippen LogP contribution in [0, 0.1) is 11.8 Å². The van der Waals surface area contributed by atoms with Crippen molar-refractivity contribution in [2.45, 2.75) is 69.5 Å². The van der Waals surface area contributed by atoms with Crippen LogP contribution in [0.15, 0.2) is 53.1 Å². The van der Waals surface area contributed by atoms with E-state index in [1.165, 1.54) is 24.9 Å². The molecule has 3 saturated heterocycles. The molecule has 5 heteroatoms. The van der Waals surface area contributed by atoms with Gasteiger partial charge in [0, 0.05) is 31.1 Å². The number of piperidine rings is 3. The minimum atomic E-state index is -1.67. The van der Waals surface area contributed by atoms with E-state index in [1.807, 2.05) is 0 Å². The number of rotatable bonds is 8. The number of aryl methyl sites for hydroxylation is 1. The predicted molar refractivity (Wildman–Crippen MR) is 126 cm³/mol. The maximum atomic E-state index is 13.6. The summed E-state index contributed by atoms with van der Waals surface area (Å²) < 4.78 is 12.8. The number of furan rings is 1. The maximum absolute atomic E-state index is 13.6. The Labute approximate surface area is 197 Å². The third kappa shape index (κ3) is 4.63. The highest BCUT2D eigenvalue weighted by molar-refractivity contribution is 5.81. The van der Waals surface area contributed by atoms with Crippen LogP contribution in [0.3, 0.4) is 0 Å². The highest BCUT2D eigenvalue weighted by Gasteiger charge is 2.53. The molecule has 1 N–H and O–H groups in total. The number of esters is 1. The summed E-state index contributed by atoms with van der Waals surface area (Å²) >= 11 is 0. The molecule has 1 aromatic carbocycles. The Morgan fingerprint density at radius 3 is 2.48 bits per heavy atom. The quantitative estimate of drug-likeness (QED) is 0.460. The lowest BCUT2D eigenvalue weighted by molar-refractivity contribution is -0.946. The molecule has 2 aromatic rings. The van der Waals surface area contributed by atoms with Gasteiger partial charge in [-0.25, -0.2) is 4.79 Å². The van der Waals surface area contributed by atoms with Crippen molar-refractivity contribution in [2.75, 3.05) is 26.2 Å². The summed E-state index contributed by atoms with van der Waals surface area (Å²) in [7, 11) is 0. The first-order chi connectivity index (χ1) is 16.1. The molecule has 4 heterocycles. The molecule has 2 bridgehead atoms. The lowest BCUT2D eigenvalue weighted by Gasteiger charge is -2.52. The van der Waals surface area contributed by atoms with E-state index in [1.54, 1.807) is 12.1 Å². The summed E-state index contributed by atoms with van der Waals surface area (Å²) in [4.78, 5) is 13.6. The summed E-state index contributed by atoms with van der Waals surface area (Å²) in [6.45, 7) is 4.36. The smallest absolute Gasteiger partial charge is 0.346 e. The lowest BCUT2D eigenvalue weighted by atomic mass is 9.75. The highest BCUT2D eigenvalue weighted by Crippen LogP contribution is 2.42. The van der Waals surface area contributed by atoms with Crippen LogP contribution in [0.25, 0.3) is 0 Å². The Balaban J connectivity index is 1.26. The summed E-state index contributed by atoms with van der Waals surface area (Å²) in [6, 6.07) is 14.2. The van der Waals surface area contributed by atoms with Crippen LogP contribution in [0.2, 0.25) is 0 Å². The second-order valence-electron chi connectivity index (χ2n) is 10.6. The van der Waals surface area contributed by atoms with Gasteiger partial charge in [-0.2, -0.15) is 0 Å². The lowest BCUT2D eigenvalue weighted by Crippen LogP contribution is -2.65. The molecular weight excluding hydrogens is 414 g/mol. The Morgan fingerprint density at radius 1 is 1.03 bits per heavy atom. The van der Waals surface area contributed by atoms with Crippen molar-refractivity contribution < 1.29 is 23.5 Å². The second kappa shape index (κ2) is 9.63. The van der Waals surface area contributed by atoms with Gasteiger partial charge >= 0.3 is 5.97 Å². The van der Waals surface area contributed by atoms with Crippen LogP contribution in [0.4, 0.5) is 0 Å². The molecule has 0 unspecified atom stereocenters. The molecule has 1 aromatic heterocycles. The van der Waals surface area contributed by atoms with Gasteiger partial charge in [-0.1, -0.05) is 49.6 Å². The van der Waals surface area contributed by atoms with Gasteiger partial charge in [0.2, 0.25) is 5.60 Å². The molecule has 178 valence electrons. The van der Waals surface area contributed by atoms with E-state index < -0.39 is 11.6 Å². The molecule has 33 heavy (non-hydrogen) atoms. The molecule has 2 atom stereocenters. The van der Waals surface area contributed by atoms with Gasteiger partial charge < -0.3 is 18.7 Å². The number of benzene rings is 1. The molecule has 0 amide bonds. The molecule has 3 aliphatic heterocycles. The van der Waals surface area contributed by atoms with Gasteiger partial charge in [-0.05, 0) is 37.0 Å². The van der Waals surface area contributed by atoms with Gasteiger partial charge in [0.1, 0.15) is 12.3 Å². The van der Waals surface area contributed by atoms with Crippen molar-refractivity contribution in [1.29, 1.82) is 0 Å². The van der Waals surface area contributed by atoms with Crippen molar-refractivity contribution >= 4 is 5.97 Å². The van der Waals surface area contributed by atoms with Crippen molar-refractivity contribution in [3.05, 3.63) is 60.1 Å². The van der Waals surface area contributed by atoms with Crippen LogP contribution < -0.4 is 0 Å². The first-order valence-corrected chi connectivity index (χ1v) is 13.0. The fourth-order valence-electron chi connectivity index (χ4n) is 6.64. The Morgan fingerprint density at radius 2 is 1.79 bits per heavy atom. The van der Waals surface area contributed by atoms with E-state index in [0.717, 1.165) is 75.4 Å². The number of hydrogen-bond donors (Lipinski definition) is 1. The number of carbonyl (C=O) groups is 1. The number of ether oxygens (including phenoxy) is 1. The molecule has 0 spiro atoms. The number of carbonyl (C=O) groups excluding carboxylic acids is 1. The summed E-state index contributed by atoms with van der Waals surface area (Å²) in [5.74, 6) is 0.119. The van der Waals surface area contributed by atoms with Gasteiger partial charge in [-0.15, -0.1) is 0 Å². The fourth-order valence-corrected chi connectivity index (χ4v) is 6.64. The minimum absolute atomic E-state index is 0.109. The van der Waals surface area contributed by atoms with Crippen LogP contribution in [0.1, 0.15) is 62.7 Å². The monoisotopic (exact) mass is 452 g/mol. The van der Waals surface area contributed by atoms with E-state index in [9.17, 15) is 9.90 Å². The number of fused-ring (bicyclic) bond motifs is 3. The second-order valence-corrected chi connectivity index (χ2v) is 10.6. The molecule has 1 saturated carbocycles. The summed E-state index contributed by atoms with van der Waals surface area (Å²) in [5.41, 5.74) is -0.282. The molecular formula is C28H38NO4+. The van der Waals surface area contributed by atoms with Crippen molar-refractivity contribution in [3.63, 3.8) is 0 Å². The van der Waals surface area contributed by atoms with E-state index >= 15 is 0 Å². The van der Waals surface area contributed by atoms with Gasteiger partial charge in [-0.3, -0.25) is 0 Å². The standard InChI is InChI=1S/C28H38NO4/c30-27(28(31,26-14-8-20-32-26)24-12-5-2-6-13-24)33-25-21-29(18-15-23(25)16-19-29)17-7-11-22-9-3-1-4-10-22/h1,3-4,8-10,14,20,23-25,31H,2,5-7,11-13,15-19,21H2/q+1/t23?,25-,28+,29?/m0/s1. The number of quaternary nitrogens is 1. The largest absolute Gasteiger partial charge is 0.466 e. The maximum Gasteiger partial charge on any atom is 0.346 e. The molecule has 4 aliphatic rings. The normalized spacial score (nSPS) is 29.5. The topological polar surface area (TPSA) is 59.7 Å². The predicted octanol–water partition coefficient (Wildman–Crippen LogP) is 4.83. The van der Waals surface area contributed by atoms with Gasteiger partial charge in [0.15, 0.2) is 6.10 Å². The molecule has 5 nitrogen and oxygen atoms in total. The van der Waals surface area contributed by atoms with Crippen LogP contribution in [-0.4, -0.2) is 47.8 Å². The first-order valence-electron chi connectivity index (χ1n) is 13.0. The van der Waals surface area contributed by atoms with Crippen molar-refractivity contribution in [1.82, 2.24) is 0 Å². The Bertz CT molecular complexity index is 897. The number of nitrogens with zero attached hydrogens (tertiary/aromatic N) is 1.